The fourth-order valence-corrected chi connectivity index (χ4v) is 9.34. The van der Waals surface area contributed by atoms with E-state index in [0.29, 0.717) is 30.3 Å². The molecule has 3 nitrogen and oxygen atoms in total. The van der Waals surface area contributed by atoms with Gasteiger partial charge in [-0.15, -0.1) is 0 Å². The minimum atomic E-state index is -1.80. The zero-order valence-corrected chi connectivity index (χ0v) is 21.6. The van der Waals surface area contributed by atoms with Crippen molar-refractivity contribution in [3.05, 3.63) is 0 Å². The molecule has 0 N–H and O–H groups in total. The number of hydrogen-bond donors (Lipinski definition) is 0. The lowest BCUT2D eigenvalue weighted by Gasteiger charge is -2.62. The van der Waals surface area contributed by atoms with E-state index < -0.39 is 14.5 Å². The van der Waals surface area contributed by atoms with E-state index >= 15 is 0 Å². The lowest BCUT2D eigenvalue weighted by molar-refractivity contribution is -0.169. The van der Waals surface area contributed by atoms with E-state index in [4.69, 9.17) is 4.43 Å². The molecule has 0 aromatic rings. The highest BCUT2D eigenvalue weighted by molar-refractivity contribution is 6.74. The van der Waals surface area contributed by atoms with Crippen LogP contribution in [-0.4, -0.2) is 44.5 Å². The third kappa shape index (κ3) is 3.15. The van der Waals surface area contributed by atoms with Crippen LogP contribution in [0.4, 0.5) is 4.39 Å². The lowest BCUT2D eigenvalue weighted by Crippen LogP contribution is -2.64. The molecule has 0 radical (unpaired) electrons. The van der Waals surface area contributed by atoms with Gasteiger partial charge in [0.1, 0.15) is 0 Å². The van der Waals surface area contributed by atoms with Crippen LogP contribution < -0.4 is 0 Å². The van der Waals surface area contributed by atoms with Crippen molar-refractivity contribution in [3.63, 3.8) is 0 Å². The number of nitrogens with zero attached hydrogens (tertiary/aromatic N) is 1. The van der Waals surface area contributed by atoms with Crippen molar-refractivity contribution in [2.24, 2.45) is 28.6 Å². The second-order valence-corrected chi connectivity index (χ2v) is 17.8. The topological polar surface area (TPSA) is 29.5 Å². The van der Waals surface area contributed by atoms with Gasteiger partial charge in [0.25, 0.3) is 5.91 Å². The van der Waals surface area contributed by atoms with Gasteiger partial charge in [0.15, 0.2) is 14.5 Å². The summed E-state index contributed by atoms with van der Waals surface area (Å²) in [5, 5.41) is 0.236. The Morgan fingerprint density at radius 1 is 1.03 bits per heavy atom. The highest BCUT2D eigenvalue weighted by Gasteiger charge is 2.63. The van der Waals surface area contributed by atoms with Crippen LogP contribution in [0.25, 0.3) is 0 Å². The fraction of sp³-hybridized carbons (Fsp3) is 0.960. The Morgan fingerprint density at radius 3 is 2.30 bits per heavy atom. The highest BCUT2D eigenvalue weighted by atomic mass is 28.4. The molecule has 3 aliphatic carbocycles. The number of amides is 1. The SMILES string of the molecule is CN1C(=O)[C@H](F)C[C@]2(C)[C@H]3CC[C@]4(C)[C@@H](O[Si](C)(C)C(C)(C)C)CC[C@H]4[C@@H]3CC[C@@H]12. The fourth-order valence-electron chi connectivity index (χ4n) is 7.89. The zero-order valence-electron chi connectivity index (χ0n) is 20.6. The van der Waals surface area contributed by atoms with Crippen LogP contribution in [0.5, 0.6) is 0 Å². The van der Waals surface area contributed by atoms with Crippen molar-refractivity contribution >= 4 is 14.2 Å². The van der Waals surface area contributed by atoms with Gasteiger partial charge in [-0.1, -0.05) is 34.6 Å². The molecule has 172 valence electrons. The summed E-state index contributed by atoms with van der Waals surface area (Å²) in [5.74, 6) is 1.59. The Labute approximate surface area is 184 Å². The molecule has 8 atom stereocenters. The predicted octanol–water partition coefficient (Wildman–Crippen LogP) is 6.19. The molecule has 1 amide bonds. The maximum Gasteiger partial charge on any atom is 0.257 e. The van der Waals surface area contributed by atoms with Gasteiger partial charge >= 0.3 is 0 Å². The predicted molar refractivity (Wildman–Crippen MR) is 123 cm³/mol. The number of rotatable bonds is 2. The van der Waals surface area contributed by atoms with E-state index in [1.54, 1.807) is 4.90 Å². The number of halogens is 1. The molecular weight excluding hydrogens is 393 g/mol. The van der Waals surface area contributed by atoms with Crippen molar-refractivity contribution < 1.29 is 13.6 Å². The van der Waals surface area contributed by atoms with Crippen LogP contribution in [0.1, 0.15) is 79.6 Å². The first-order chi connectivity index (χ1) is 13.7. The van der Waals surface area contributed by atoms with Crippen molar-refractivity contribution in [2.75, 3.05) is 7.05 Å². The largest absolute Gasteiger partial charge is 0.413 e. The molecular formula is C25H44FNO2Si. The van der Waals surface area contributed by atoms with Crippen LogP contribution >= 0.6 is 0 Å². The Bertz CT molecular complexity index is 706. The van der Waals surface area contributed by atoms with Crippen molar-refractivity contribution in [3.8, 4) is 0 Å². The van der Waals surface area contributed by atoms with E-state index in [0.717, 1.165) is 12.8 Å². The van der Waals surface area contributed by atoms with Crippen molar-refractivity contribution in [1.82, 2.24) is 4.90 Å². The number of alkyl halides is 1. The van der Waals surface area contributed by atoms with E-state index in [1.807, 2.05) is 7.05 Å². The van der Waals surface area contributed by atoms with E-state index in [2.05, 4.69) is 47.7 Å². The van der Waals surface area contributed by atoms with Gasteiger partial charge in [0, 0.05) is 13.1 Å². The highest BCUT2D eigenvalue weighted by Crippen LogP contribution is 2.65. The summed E-state index contributed by atoms with van der Waals surface area (Å²) in [6.45, 7) is 16.6. The molecule has 0 bridgehead atoms. The molecule has 1 saturated heterocycles. The molecule has 0 aromatic heterocycles. The Balaban J connectivity index is 1.58. The Morgan fingerprint density at radius 2 is 1.67 bits per heavy atom. The summed E-state index contributed by atoms with van der Waals surface area (Å²) in [5.41, 5.74) is 0.177. The van der Waals surface area contributed by atoms with E-state index in [1.165, 1.54) is 25.7 Å². The van der Waals surface area contributed by atoms with Gasteiger partial charge in [-0.05, 0) is 91.7 Å². The number of hydrogen-bond acceptors (Lipinski definition) is 2. The maximum atomic E-state index is 14.7. The van der Waals surface area contributed by atoms with Gasteiger partial charge in [-0.25, -0.2) is 4.39 Å². The average Bonchev–Trinajstić information content (AvgIpc) is 2.95. The quantitative estimate of drug-likeness (QED) is 0.482. The molecule has 0 aromatic carbocycles. The summed E-state index contributed by atoms with van der Waals surface area (Å²) in [6.07, 6.45) is 6.49. The van der Waals surface area contributed by atoms with Crippen LogP contribution in [0.3, 0.4) is 0 Å². The third-order valence-electron chi connectivity index (χ3n) is 10.7. The van der Waals surface area contributed by atoms with Crippen LogP contribution in [0.15, 0.2) is 0 Å². The molecule has 1 aliphatic heterocycles. The third-order valence-corrected chi connectivity index (χ3v) is 15.2. The first-order valence-corrected chi connectivity index (χ1v) is 15.2. The minimum Gasteiger partial charge on any atom is -0.413 e. The first-order valence-electron chi connectivity index (χ1n) is 12.3. The van der Waals surface area contributed by atoms with Crippen molar-refractivity contribution in [2.45, 2.75) is 116 Å². The average molecular weight is 438 g/mol. The number of carbonyl (C=O) groups is 1. The Hall–Kier alpha value is -0.423. The van der Waals surface area contributed by atoms with Crippen LogP contribution in [0.2, 0.25) is 18.1 Å². The smallest absolute Gasteiger partial charge is 0.257 e. The summed E-state index contributed by atoms with van der Waals surface area (Å²) in [4.78, 5) is 14.1. The molecule has 1 heterocycles. The second kappa shape index (κ2) is 7.04. The number of likely N-dealkylation sites (tertiary alicyclic amines) is 1. The number of piperidine rings is 1. The summed E-state index contributed by atoms with van der Waals surface area (Å²) in [7, 11) is 0.0369. The molecule has 0 unspecified atom stereocenters. The van der Waals surface area contributed by atoms with Gasteiger partial charge in [-0.3, -0.25) is 4.79 Å². The summed E-state index contributed by atoms with van der Waals surface area (Å²) in [6, 6.07) is 0.211. The van der Waals surface area contributed by atoms with Crippen LogP contribution in [0, 0.1) is 28.6 Å². The minimum absolute atomic E-state index is 0.0787. The molecule has 4 fully saturated rings. The van der Waals surface area contributed by atoms with Gasteiger partial charge < -0.3 is 9.33 Å². The molecule has 4 rings (SSSR count). The lowest BCUT2D eigenvalue weighted by atomic mass is 9.47. The summed E-state index contributed by atoms with van der Waals surface area (Å²) < 4.78 is 21.7. The number of fused-ring (bicyclic) bond motifs is 5. The Kier molecular flexibility index (Phi) is 5.34. The molecule has 30 heavy (non-hydrogen) atoms. The monoisotopic (exact) mass is 437 g/mol. The number of carbonyl (C=O) groups excluding carboxylic acids is 1. The van der Waals surface area contributed by atoms with Gasteiger partial charge in [0.05, 0.1) is 6.10 Å². The van der Waals surface area contributed by atoms with E-state index in [-0.39, 0.29) is 27.8 Å². The molecule has 0 spiro atoms. The van der Waals surface area contributed by atoms with Gasteiger partial charge in [0.2, 0.25) is 0 Å². The van der Waals surface area contributed by atoms with Crippen molar-refractivity contribution in [1.29, 1.82) is 0 Å². The molecule has 4 aliphatic rings. The second-order valence-electron chi connectivity index (χ2n) is 13.1. The maximum absolute atomic E-state index is 14.7. The first kappa shape index (κ1) is 22.8. The molecule has 5 heteroatoms. The standard InChI is InChI=1S/C25H44FNO2Si/c1-23(2,3)30(7,8)29-21-12-10-17-16-9-11-20-25(5,15-19(26)22(28)27(20)6)18(16)13-14-24(17,21)4/h16-21H,9-15H2,1-8H3/t16-,17-,18-,19+,20+,21-,24-,25+/m0/s1. The summed E-state index contributed by atoms with van der Waals surface area (Å²) >= 11 is 0. The van der Waals surface area contributed by atoms with E-state index in [9.17, 15) is 9.18 Å². The zero-order chi connectivity index (χ0) is 22.3. The normalized spacial score (nSPS) is 47.0. The molecule has 3 saturated carbocycles. The van der Waals surface area contributed by atoms with Crippen LogP contribution in [-0.2, 0) is 9.22 Å². The van der Waals surface area contributed by atoms with Gasteiger partial charge in [-0.2, -0.15) is 0 Å².